The molecule has 42 heavy (non-hydrogen) atoms. The zero-order chi connectivity index (χ0) is 28.1. The van der Waals surface area contributed by atoms with Gasteiger partial charge in [-0.3, -0.25) is 9.98 Å². The van der Waals surface area contributed by atoms with Gasteiger partial charge in [-0.1, -0.05) is 54.6 Å². The number of amidine groups is 2. The normalized spacial score (nSPS) is 17.6. The maximum Gasteiger partial charge on any atom is 0.169 e. The van der Waals surface area contributed by atoms with E-state index in [1.54, 1.807) is 12.7 Å². The highest BCUT2D eigenvalue weighted by Gasteiger charge is 2.22. The minimum atomic E-state index is -0.440. The van der Waals surface area contributed by atoms with Crippen molar-refractivity contribution in [3.63, 3.8) is 0 Å². The molecule has 0 saturated carbocycles. The molecule has 3 aliphatic rings. The summed E-state index contributed by atoms with van der Waals surface area (Å²) in [6, 6.07) is 25.0. The maximum atomic E-state index is 5.12. The Morgan fingerprint density at radius 2 is 1.12 bits per heavy atom. The molecular formula is C33H27N9. The van der Waals surface area contributed by atoms with Crippen LogP contribution < -0.4 is 16.0 Å². The molecule has 0 fully saturated rings. The third-order valence-electron chi connectivity index (χ3n) is 7.20. The molecule has 0 radical (unpaired) electrons. The molecule has 9 nitrogen and oxygen atoms in total. The Labute approximate surface area is 243 Å². The van der Waals surface area contributed by atoms with E-state index < -0.39 is 6.17 Å². The van der Waals surface area contributed by atoms with Crippen molar-refractivity contribution in [3.8, 4) is 11.1 Å². The first kappa shape index (κ1) is 25.3. The number of aliphatic imine (C=N–C) groups is 4. The molecule has 0 aliphatic carbocycles. The van der Waals surface area contributed by atoms with E-state index in [2.05, 4.69) is 90.5 Å². The Hall–Kier alpha value is -5.70. The quantitative estimate of drug-likeness (QED) is 0.326. The molecule has 9 heteroatoms. The average Bonchev–Trinajstić information content (AvgIpc) is 3.09. The molecule has 0 bridgehead atoms. The molecule has 4 aromatic rings. The summed E-state index contributed by atoms with van der Waals surface area (Å²) in [5, 5.41) is 9.73. The Morgan fingerprint density at radius 3 is 1.74 bits per heavy atom. The first-order valence-corrected chi connectivity index (χ1v) is 13.7. The fourth-order valence-electron chi connectivity index (χ4n) is 5.06. The van der Waals surface area contributed by atoms with E-state index in [1.165, 1.54) is 6.33 Å². The lowest BCUT2D eigenvalue weighted by Gasteiger charge is -2.23. The molecule has 0 spiro atoms. The third kappa shape index (κ3) is 5.35. The average molecular weight is 550 g/mol. The van der Waals surface area contributed by atoms with Gasteiger partial charge in [-0.05, 0) is 51.6 Å². The van der Waals surface area contributed by atoms with Gasteiger partial charge in [0.25, 0.3) is 0 Å². The lowest BCUT2D eigenvalue weighted by molar-refractivity contribution is 0.755. The number of rotatable bonds is 6. The van der Waals surface area contributed by atoms with Gasteiger partial charge in [-0.2, -0.15) is 0 Å². The van der Waals surface area contributed by atoms with Crippen LogP contribution in [-0.4, -0.2) is 47.4 Å². The van der Waals surface area contributed by atoms with Crippen molar-refractivity contribution in [2.75, 3.05) is 13.1 Å². The fourth-order valence-corrected chi connectivity index (χ4v) is 5.06. The van der Waals surface area contributed by atoms with E-state index in [1.807, 2.05) is 43.0 Å². The molecule has 3 aromatic carbocycles. The smallest absolute Gasteiger partial charge is 0.169 e. The summed E-state index contributed by atoms with van der Waals surface area (Å²) in [5.74, 6) is 1.49. The van der Waals surface area contributed by atoms with Crippen molar-refractivity contribution in [2.24, 2.45) is 20.0 Å². The molecule has 204 valence electrons. The summed E-state index contributed by atoms with van der Waals surface area (Å²) in [7, 11) is 0. The first-order valence-electron chi connectivity index (χ1n) is 13.7. The van der Waals surface area contributed by atoms with E-state index >= 15 is 0 Å². The Morgan fingerprint density at radius 1 is 0.571 bits per heavy atom. The van der Waals surface area contributed by atoms with Crippen LogP contribution in [0.4, 0.5) is 0 Å². The van der Waals surface area contributed by atoms with Gasteiger partial charge in [0.15, 0.2) is 6.17 Å². The van der Waals surface area contributed by atoms with Crippen molar-refractivity contribution in [1.82, 2.24) is 25.9 Å². The molecular weight excluding hydrogens is 522 g/mol. The maximum absolute atomic E-state index is 5.12. The molecule has 3 N–H and O–H groups in total. The van der Waals surface area contributed by atoms with Gasteiger partial charge in [-0.15, -0.1) is 0 Å². The Balaban J connectivity index is 1.29. The highest BCUT2D eigenvalue weighted by atomic mass is 15.2. The van der Waals surface area contributed by atoms with Gasteiger partial charge in [0.1, 0.15) is 18.0 Å². The van der Waals surface area contributed by atoms with E-state index in [0.29, 0.717) is 13.1 Å². The summed E-state index contributed by atoms with van der Waals surface area (Å²) < 4.78 is 0. The van der Waals surface area contributed by atoms with Crippen LogP contribution in [0.2, 0.25) is 0 Å². The van der Waals surface area contributed by atoms with Crippen molar-refractivity contribution >= 4 is 35.5 Å². The number of hydrogen-bond donors (Lipinski definition) is 3. The second-order valence-corrected chi connectivity index (χ2v) is 9.98. The van der Waals surface area contributed by atoms with E-state index in [0.717, 1.165) is 61.8 Å². The minimum Gasteiger partial charge on any atom is -0.353 e. The van der Waals surface area contributed by atoms with Crippen molar-refractivity contribution in [1.29, 1.82) is 0 Å². The standard InChI is InChI=1S/C33H27N9/c1-4-22(28-13-34-19-35-14-28)10-25(7-1)31-40-32(26-8-2-5-23(11-26)29-15-36-20-37-16-29)42-33(41-31)27-9-3-6-24(12-27)30-17-38-21-39-18-30/h1-15,17,19-21,32H,16,18H2,(H,36,37)(H,38,39)(H,40,41,42). The van der Waals surface area contributed by atoms with Gasteiger partial charge in [0.05, 0.1) is 25.8 Å². The van der Waals surface area contributed by atoms with Gasteiger partial charge in [0.2, 0.25) is 0 Å². The van der Waals surface area contributed by atoms with E-state index in [4.69, 9.17) is 9.98 Å². The van der Waals surface area contributed by atoms with Gasteiger partial charge >= 0.3 is 0 Å². The number of aromatic nitrogens is 2. The molecule has 1 aromatic heterocycles. The summed E-state index contributed by atoms with van der Waals surface area (Å²) >= 11 is 0. The van der Waals surface area contributed by atoms with E-state index in [9.17, 15) is 0 Å². The van der Waals surface area contributed by atoms with Crippen LogP contribution in [0.5, 0.6) is 0 Å². The molecule has 3 aliphatic heterocycles. The van der Waals surface area contributed by atoms with Crippen molar-refractivity contribution in [3.05, 3.63) is 132 Å². The van der Waals surface area contributed by atoms with Crippen LogP contribution >= 0.6 is 0 Å². The number of benzene rings is 3. The SMILES string of the molecule is C1=NCC(c2cccc(C3=NC(c4cccc(C5=CNC=NC5)c4)N=C(c4cccc(-c5cncnc5)c4)N3)c2)=CN1. The number of hydrogen-bond acceptors (Lipinski definition) is 9. The highest BCUT2D eigenvalue weighted by molar-refractivity contribution is 6.16. The molecule has 1 unspecified atom stereocenters. The Kier molecular flexibility index (Phi) is 6.87. The number of nitrogens with one attached hydrogen (secondary N) is 3. The summed E-state index contributed by atoms with van der Waals surface area (Å²) in [6.45, 7) is 1.26. The summed E-state index contributed by atoms with van der Waals surface area (Å²) in [4.78, 5) is 27.3. The largest absolute Gasteiger partial charge is 0.353 e. The van der Waals surface area contributed by atoms with Gasteiger partial charge in [0, 0.05) is 41.5 Å². The molecule has 7 rings (SSSR count). The second-order valence-electron chi connectivity index (χ2n) is 9.98. The van der Waals surface area contributed by atoms with Crippen LogP contribution in [0.25, 0.3) is 22.3 Å². The van der Waals surface area contributed by atoms with Crippen molar-refractivity contribution in [2.45, 2.75) is 6.17 Å². The van der Waals surface area contributed by atoms with Crippen LogP contribution in [-0.2, 0) is 0 Å². The summed E-state index contributed by atoms with van der Waals surface area (Å²) in [5.41, 5.74) is 9.28. The van der Waals surface area contributed by atoms with E-state index in [-0.39, 0.29) is 0 Å². The van der Waals surface area contributed by atoms with Crippen LogP contribution in [0.3, 0.4) is 0 Å². The minimum absolute atomic E-state index is 0.440. The molecule has 0 amide bonds. The molecule has 0 saturated heterocycles. The predicted molar refractivity (Wildman–Crippen MR) is 168 cm³/mol. The molecule has 1 atom stereocenters. The zero-order valence-electron chi connectivity index (χ0n) is 22.6. The monoisotopic (exact) mass is 549 g/mol. The fraction of sp³-hybridized carbons (Fsp3) is 0.0909. The first-order chi connectivity index (χ1) is 20.8. The van der Waals surface area contributed by atoms with Gasteiger partial charge < -0.3 is 16.0 Å². The summed E-state index contributed by atoms with van der Waals surface area (Å²) in [6.07, 6.45) is 12.1. The zero-order valence-corrected chi connectivity index (χ0v) is 22.6. The topological polar surface area (TPSA) is 111 Å². The van der Waals surface area contributed by atoms with Crippen LogP contribution in [0, 0.1) is 0 Å². The van der Waals surface area contributed by atoms with Gasteiger partial charge in [-0.25, -0.2) is 20.0 Å². The lowest BCUT2D eigenvalue weighted by atomic mass is 10.0. The predicted octanol–water partition coefficient (Wildman–Crippen LogP) is 4.58. The van der Waals surface area contributed by atoms with Crippen LogP contribution in [0.15, 0.2) is 124 Å². The lowest BCUT2D eigenvalue weighted by Crippen LogP contribution is -2.36. The van der Waals surface area contributed by atoms with Crippen LogP contribution in [0.1, 0.15) is 34.0 Å². The second kappa shape index (κ2) is 11.4. The number of nitrogens with zero attached hydrogens (tertiary/aromatic N) is 6. The highest BCUT2D eigenvalue weighted by Crippen LogP contribution is 2.29. The molecule has 4 heterocycles. The Bertz CT molecular complexity index is 1820. The third-order valence-corrected chi connectivity index (χ3v) is 7.20. The van der Waals surface area contributed by atoms with Crippen molar-refractivity contribution < 1.29 is 0 Å².